The van der Waals surface area contributed by atoms with Gasteiger partial charge in [-0.3, -0.25) is 24.3 Å². The zero-order chi connectivity index (χ0) is 17.9. The van der Waals surface area contributed by atoms with E-state index in [-0.39, 0.29) is 24.1 Å². The number of carbonyl (C=O) groups excluding carboxylic acids is 1. The third kappa shape index (κ3) is 3.79. The molecule has 1 amide bonds. The van der Waals surface area contributed by atoms with Crippen LogP contribution in [0, 0.1) is 24.0 Å². The molecule has 0 aliphatic heterocycles. The second kappa shape index (κ2) is 7.24. The fraction of sp³-hybridized carbons (Fsp3) is 0.533. The fourth-order valence-electron chi connectivity index (χ4n) is 2.61. The molecule has 0 bridgehead atoms. The zero-order valence-corrected chi connectivity index (χ0v) is 14.3. The van der Waals surface area contributed by atoms with Crippen LogP contribution < -0.4 is 5.32 Å². The number of hydrogen-bond donors (Lipinski definition) is 1. The first kappa shape index (κ1) is 17.6. The van der Waals surface area contributed by atoms with Gasteiger partial charge in [-0.15, -0.1) is 0 Å². The number of aryl methyl sites for hydroxylation is 3. The van der Waals surface area contributed by atoms with Crippen LogP contribution in [-0.2, 0) is 17.9 Å². The Labute approximate surface area is 139 Å². The summed E-state index contributed by atoms with van der Waals surface area (Å²) in [5.74, 6) is -0.137. The smallest absolute Gasteiger partial charge is 0.309 e. The maximum Gasteiger partial charge on any atom is 0.309 e. The molecule has 1 unspecified atom stereocenters. The van der Waals surface area contributed by atoms with Crippen molar-refractivity contribution in [2.24, 2.45) is 0 Å². The van der Waals surface area contributed by atoms with Crippen LogP contribution in [0.5, 0.6) is 0 Å². The van der Waals surface area contributed by atoms with E-state index in [1.54, 1.807) is 13.1 Å². The number of nitro groups is 1. The van der Waals surface area contributed by atoms with Crippen molar-refractivity contribution < 1.29 is 9.72 Å². The molecule has 2 heterocycles. The molecule has 0 spiro atoms. The van der Waals surface area contributed by atoms with Crippen molar-refractivity contribution in [1.29, 1.82) is 0 Å². The number of aromatic nitrogens is 4. The zero-order valence-electron chi connectivity index (χ0n) is 14.3. The summed E-state index contributed by atoms with van der Waals surface area (Å²) >= 11 is 0. The van der Waals surface area contributed by atoms with Gasteiger partial charge in [0.2, 0.25) is 5.91 Å². The van der Waals surface area contributed by atoms with Gasteiger partial charge in [0.25, 0.3) is 0 Å². The molecule has 0 saturated heterocycles. The second-order valence-corrected chi connectivity index (χ2v) is 5.66. The van der Waals surface area contributed by atoms with Crippen LogP contribution in [0.3, 0.4) is 0 Å². The van der Waals surface area contributed by atoms with E-state index >= 15 is 0 Å². The molecule has 0 saturated carbocycles. The van der Waals surface area contributed by atoms with Gasteiger partial charge >= 0.3 is 5.69 Å². The summed E-state index contributed by atoms with van der Waals surface area (Å²) in [4.78, 5) is 22.4. The summed E-state index contributed by atoms with van der Waals surface area (Å²) < 4.78 is 3.31. The van der Waals surface area contributed by atoms with Crippen molar-refractivity contribution in [3.8, 4) is 0 Å². The quantitative estimate of drug-likeness (QED) is 0.614. The minimum atomic E-state index is -0.477. The Bertz CT molecular complexity index is 748. The fourth-order valence-corrected chi connectivity index (χ4v) is 2.61. The number of nitrogens with one attached hydrogen (secondary N) is 1. The van der Waals surface area contributed by atoms with Gasteiger partial charge in [0.05, 0.1) is 17.2 Å². The highest BCUT2D eigenvalue weighted by Gasteiger charge is 2.17. The molecule has 0 aromatic carbocycles. The van der Waals surface area contributed by atoms with Gasteiger partial charge in [-0.1, -0.05) is 0 Å². The number of amides is 1. The average molecular weight is 334 g/mol. The lowest BCUT2D eigenvalue weighted by atomic mass is 10.1. The molecule has 0 aliphatic carbocycles. The monoisotopic (exact) mass is 334 g/mol. The van der Waals surface area contributed by atoms with Gasteiger partial charge in [0.15, 0.2) is 0 Å². The van der Waals surface area contributed by atoms with E-state index in [9.17, 15) is 14.9 Å². The van der Waals surface area contributed by atoms with Gasteiger partial charge in [-0.2, -0.15) is 10.2 Å². The standard InChI is InChI=1S/C15H22N6O3/c1-5-20-12(4)13(8-16-20)10(2)17-15(22)6-7-19-9-14(21(23)24)11(3)18-19/h8-10H,5-7H2,1-4H3,(H,17,22). The first-order valence-electron chi connectivity index (χ1n) is 7.83. The van der Waals surface area contributed by atoms with Crippen LogP contribution in [0.2, 0.25) is 0 Å². The average Bonchev–Trinajstić information content (AvgIpc) is 3.07. The van der Waals surface area contributed by atoms with Crippen molar-refractivity contribution in [2.75, 3.05) is 0 Å². The molecule has 130 valence electrons. The Kier molecular flexibility index (Phi) is 5.32. The predicted octanol–water partition coefficient (Wildman–Crippen LogP) is 1.89. The van der Waals surface area contributed by atoms with Crippen LogP contribution in [0.1, 0.15) is 43.3 Å². The van der Waals surface area contributed by atoms with Gasteiger partial charge in [0, 0.05) is 30.8 Å². The maximum absolute atomic E-state index is 12.1. The minimum Gasteiger partial charge on any atom is -0.349 e. The summed E-state index contributed by atoms with van der Waals surface area (Å²) in [5, 5.41) is 22.0. The van der Waals surface area contributed by atoms with Gasteiger partial charge in [-0.25, -0.2) is 0 Å². The molecular formula is C15H22N6O3. The Morgan fingerprint density at radius 1 is 1.46 bits per heavy atom. The molecule has 1 atom stereocenters. The number of rotatable bonds is 7. The second-order valence-electron chi connectivity index (χ2n) is 5.66. The highest BCUT2D eigenvalue weighted by molar-refractivity contribution is 5.76. The summed E-state index contributed by atoms with van der Waals surface area (Å²) in [6.45, 7) is 8.54. The number of hydrogen-bond acceptors (Lipinski definition) is 5. The Morgan fingerprint density at radius 2 is 2.17 bits per heavy atom. The third-order valence-electron chi connectivity index (χ3n) is 3.97. The third-order valence-corrected chi connectivity index (χ3v) is 3.97. The van der Waals surface area contributed by atoms with Crippen LogP contribution in [0.25, 0.3) is 0 Å². The van der Waals surface area contributed by atoms with Crippen LogP contribution in [0.15, 0.2) is 12.4 Å². The van der Waals surface area contributed by atoms with Gasteiger partial charge in [0.1, 0.15) is 11.9 Å². The highest BCUT2D eigenvalue weighted by atomic mass is 16.6. The van der Waals surface area contributed by atoms with Gasteiger partial charge < -0.3 is 5.32 Å². The number of carbonyl (C=O) groups is 1. The molecule has 24 heavy (non-hydrogen) atoms. The summed E-state index contributed by atoms with van der Waals surface area (Å²) in [5.41, 5.74) is 2.32. The highest BCUT2D eigenvalue weighted by Crippen LogP contribution is 2.17. The van der Waals surface area contributed by atoms with Crippen molar-refractivity contribution in [2.45, 2.75) is 53.2 Å². The first-order chi connectivity index (χ1) is 11.3. The van der Waals surface area contributed by atoms with E-state index < -0.39 is 4.92 Å². The van der Waals surface area contributed by atoms with Crippen molar-refractivity contribution in [3.63, 3.8) is 0 Å². The van der Waals surface area contributed by atoms with E-state index in [0.29, 0.717) is 12.2 Å². The van der Waals surface area contributed by atoms with E-state index in [1.165, 1.54) is 10.9 Å². The Morgan fingerprint density at radius 3 is 2.71 bits per heavy atom. The Hall–Kier alpha value is -2.71. The van der Waals surface area contributed by atoms with Crippen LogP contribution in [-0.4, -0.2) is 30.4 Å². The largest absolute Gasteiger partial charge is 0.349 e. The predicted molar refractivity (Wildman–Crippen MR) is 87.4 cm³/mol. The van der Waals surface area contributed by atoms with E-state index in [4.69, 9.17) is 0 Å². The Balaban J connectivity index is 1.92. The van der Waals surface area contributed by atoms with Crippen molar-refractivity contribution in [3.05, 3.63) is 39.5 Å². The summed E-state index contributed by atoms with van der Waals surface area (Å²) in [6, 6.07) is -0.147. The van der Waals surface area contributed by atoms with Crippen LogP contribution >= 0.6 is 0 Å². The lowest BCUT2D eigenvalue weighted by molar-refractivity contribution is -0.385. The molecule has 9 heteroatoms. The topological polar surface area (TPSA) is 108 Å². The molecular weight excluding hydrogens is 312 g/mol. The van der Waals surface area contributed by atoms with Crippen molar-refractivity contribution >= 4 is 11.6 Å². The molecule has 0 radical (unpaired) electrons. The lowest BCUT2D eigenvalue weighted by Crippen LogP contribution is -2.27. The normalized spacial score (nSPS) is 12.2. The maximum atomic E-state index is 12.1. The molecule has 2 aromatic rings. The minimum absolute atomic E-state index is 0.0358. The SMILES string of the molecule is CCn1ncc(C(C)NC(=O)CCn2cc([N+](=O)[O-])c(C)n2)c1C. The van der Waals surface area contributed by atoms with E-state index in [1.807, 2.05) is 25.5 Å². The van der Waals surface area contributed by atoms with Crippen LogP contribution in [0.4, 0.5) is 5.69 Å². The number of nitrogens with zero attached hydrogens (tertiary/aromatic N) is 5. The molecule has 2 aromatic heterocycles. The first-order valence-corrected chi connectivity index (χ1v) is 7.83. The summed E-state index contributed by atoms with van der Waals surface area (Å²) in [7, 11) is 0. The molecule has 9 nitrogen and oxygen atoms in total. The summed E-state index contributed by atoms with van der Waals surface area (Å²) in [6.07, 6.45) is 3.31. The van der Waals surface area contributed by atoms with Gasteiger partial charge in [-0.05, 0) is 27.7 Å². The molecule has 0 fully saturated rings. The van der Waals surface area contributed by atoms with E-state index in [0.717, 1.165) is 17.8 Å². The van der Waals surface area contributed by atoms with E-state index in [2.05, 4.69) is 15.5 Å². The lowest BCUT2D eigenvalue weighted by Gasteiger charge is -2.14. The molecule has 2 rings (SSSR count). The molecule has 1 N–H and O–H groups in total. The van der Waals surface area contributed by atoms with Crippen molar-refractivity contribution in [1.82, 2.24) is 24.9 Å². The molecule has 0 aliphatic rings.